The van der Waals surface area contributed by atoms with Gasteiger partial charge >= 0.3 is 0 Å². The van der Waals surface area contributed by atoms with Crippen molar-refractivity contribution in [1.82, 2.24) is 0 Å². The van der Waals surface area contributed by atoms with Crippen LogP contribution in [-0.4, -0.2) is 31.0 Å². The normalized spacial score (nSPS) is 24.9. The first-order valence-electron chi connectivity index (χ1n) is 7.26. The number of nitrogens with two attached hydrogens (primary N) is 1. The monoisotopic (exact) mass is 279 g/mol. The molecule has 3 N–H and O–H groups in total. The predicted octanol–water partition coefficient (Wildman–Crippen LogP) is 1.97. The third kappa shape index (κ3) is 2.82. The molecule has 112 valence electrons. The highest BCUT2D eigenvalue weighted by atomic mass is 16.5. The molecule has 1 aromatic rings. The lowest BCUT2D eigenvalue weighted by Gasteiger charge is -2.41. The van der Waals surface area contributed by atoms with Gasteiger partial charge in [-0.3, -0.25) is 0 Å². The topological polar surface area (TPSA) is 64.7 Å². The van der Waals surface area contributed by atoms with Crippen molar-refractivity contribution in [1.29, 1.82) is 0 Å². The summed E-state index contributed by atoms with van der Waals surface area (Å²) in [5.41, 5.74) is 7.90. The number of methoxy groups -OCH3 is 1. The number of aryl methyl sites for hydroxylation is 1. The molecule has 0 spiro atoms. The zero-order valence-electron chi connectivity index (χ0n) is 12.6. The fraction of sp³-hybridized carbons (Fsp3) is 0.625. The Bertz CT molecular complexity index is 461. The van der Waals surface area contributed by atoms with E-state index in [1.54, 1.807) is 14.0 Å². The van der Waals surface area contributed by atoms with Gasteiger partial charge < -0.3 is 20.3 Å². The Kier molecular flexibility index (Phi) is 4.68. The van der Waals surface area contributed by atoms with Gasteiger partial charge in [-0.1, -0.05) is 6.07 Å². The van der Waals surface area contributed by atoms with E-state index in [9.17, 15) is 5.11 Å². The number of benzene rings is 1. The average Bonchev–Trinajstić information content (AvgIpc) is 2.46. The predicted molar refractivity (Wildman–Crippen MR) is 78.9 cm³/mol. The molecule has 2 rings (SSSR count). The molecule has 0 saturated heterocycles. The van der Waals surface area contributed by atoms with Crippen molar-refractivity contribution in [2.45, 2.75) is 50.9 Å². The van der Waals surface area contributed by atoms with Gasteiger partial charge in [-0.2, -0.15) is 0 Å². The molecule has 0 heterocycles. The Morgan fingerprint density at radius 3 is 2.75 bits per heavy atom. The van der Waals surface area contributed by atoms with Gasteiger partial charge in [0.2, 0.25) is 0 Å². The van der Waals surface area contributed by atoms with Crippen molar-refractivity contribution in [2.24, 2.45) is 5.73 Å². The van der Waals surface area contributed by atoms with Crippen LogP contribution >= 0.6 is 0 Å². The molecule has 4 heteroatoms. The van der Waals surface area contributed by atoms with E-state index in [2.05, 4.69) is 6.07 Å². The Morgan fingerprint density at radius 2 is 2.15 bits per heavy atom. The summed E-state index contributed by atoms with van der Waals surface area (Å²) in [4.78, 5) is 0. The van der Waals surface area contributed by atoms with Gasteiger partial charge in [-0.25, -0.2) is 0 Å². The minimum absolute atomic E-state index is 0.254. The smallest absolute Gasteiger partial charge is 0.119 e. The molecule has 3 unspecified atom stereocenters. The Morgan fingerprint density at radius 1 is 1.40 bits per heavy atom. The lowest BCUT2D eigenvalue weighted by Crippen LogP contribution is -2.45. The van der Waals surface area contributed by atoms with Gasteiger partial charge in [-0.15, -0.1) is 0 Å². The van der Waals surface area contributed by atoms with E-state index in [-0.39, 0.29) is 6.10 Å². The quantitative estimate of drug-likeness (QED) is 0.865. The summed E-state index contributed by atoms with van der Waals surface area (Å²) < 4.78 is 11.5. The van der Waals surface area contributed by atoms with Crippen LogP contribution in [0.25, 0.3) is 0 Å². The van der Waals surface area contributed by atoms with Crippen LogP contribution in [-0.2, 0) is 16.8 Å². The van der Waals surface area contributed by atoms with E-state index >= 15 is 0 Å². The number of aliphatic hydroxyl groups excluding tert-OH is 1. The van der Waals surface area contributed by atoms with Gasteiger partial charge in [0.15, 0.2) is 0 Å². The molecule has 1 aliphatic carbocycles. The van der Waals surface area contributed by atoms with Crippen molar-refractivity contribution in [3.63, 3.8) is 0 Å². The second-order valence-electron chi connectivity index (χ2n) is 5.64. The van der Waals surface area contributed by atoms with Crippen LogP contribution < -0.4 is 10.5 Å². The molecule has 4 nitrogen and oxygen atoms in total. The summed E-state index contributed by atoms with van der Waals surface area (Å²) in [5, 5.41) is 9.72. The molecule has 0 aromatic heterocycles. The zero-order chi connectivity index (χ0) is 14.8. The first-order valence-corrected chi connectivity index (χ1v) is 7.26. The Hall–Kier alpha value is -1.10. The second kappa shape index (κ2) is 6.12. The number of hydrogen-bond acceptors (Lipinski definition) is 4. The molecule has 0 aliphatic heterocycles. The first-order chi connectivity index (χ1) is 9.52. The molecular weight excluding hydrogens is 254 g/mol. The number of fused-ring (bicyclic) bond motifs is 1. The maximum atomic E-state index is 9.72. The maximum Gasteiger partial charge on any atom is 0.119 e. The number of ether oxygens (including phenoxy) is 2. The fourth-order valence-electron chi connectivity index (χ4n) is 2.86. The molecule has 0 bridgehead atoms. The van der Waals surface area contributed by atoms with Gasteiger partial charge in [0.25, 0.3) is 0 Å². The molecular formula is C16H25NO3. The lowest BCUT2D eigenvalue weighted by molar-refractivity contribution is -0.131. The van der Waals surface area contributed by atoms with Crippen LogP contribution in [0.15, 0.2) is 18.2 Å². The number of aliphatic hydroxyl groups is 1. The summed E-state index contributed by atoms with van der Waals surface area (Å²) in [6.07, 6.45) is 2.18. The minimum atomic E-state index is -0.519. The highest BCUT2D eigenvalue weighted by Crippen LogP contribution is 2.40. The lowest BCUT2D eigenvalue weighted by atomic mass is 9.78. The molecule has 20 heavy (non-hydrogen) atoms. The molecule has 1 aromatic carbocycles. The summed E-state index contributed by atoms with van der Waals surface area (Å²) in [7, 11) is 1.66. The molecule has 3 atom stereocenters. The first kappa shape index (κ1) is 15.3. The summed E-state index contributed by atoms with van der Waals surface area (Å²) in [5.74, 6) is 0.816. The minimum Gasteiger partial charge on any atom is -0.497 e. The van der Waals surface area contributed by atoms with Gasteiger partial charge in [0, 0.05) is 6.54 Å². The van der Waals surface area contributed by atoms with E-state index in [1.807, 2.05) is 19.1 Å². The zero-order valence-corrected chi connectivity index (χ0v) is 12.6. The van der Waals surface area contributed by atoms with Crippen molar-refractivity contribution < 1.29 is 14.6 Å². The Labute approximate surface area is 120 Å². The average molecular weight is 279 g/mol. The van der Waals surface area contributed by atoms with Crippen LogP contribution in [0.3, 0.4) is 0 Å². The third-order valence-corrected chi connectivity index (χ3v) is 4.26. The SMILES string of the molecule is COc1ccc2c(c1)C(CN)(OC(C)C(C)O)CCC2. The van der Waals surface area contributed by atoms with E-state index in [1.165, 1.54) is 5.56 Å². The van der Waals surface area contributed by atoms with Gasteiger partial charge in [-0.05, 0) is 56.4 Å². The third-order valence-electron chi connectivity index (χ3n) is 4.26. The molecule has 0 radical (unpaired) electrons. The Balaban J connectivity index is 2.40. The molecule has 0 saturated carbocycles. The van der Waals surface area contributed by atoms with Crippen LogP contribution in [0.5, 0.6) is 5.75 Å². The largest absolute Gasteiger partial charge is 0.497 e. The summed E-state index contributed by atoms with van der Waals surface area (Å²) in [6, 6.07) is 6.09. The number of hydrogen-bond donors (Lipinski definition) is 2. The van der Waals surface area contributed by atoms with E-state index in [0.717, 1.165) is 30.6 Å². The highest BCUT2D eigenvalue weighted by molar-refractivity contribution is 5.41. The van der Waals surface area contributed by atoms with E-state index in [0.29, 0.717) is 6.54 Å². The van der Waals surface area contributed by atoms with Crippen molar-refractivity contribution in [3.05, 3.63) is 29.3 Å². The van der Waals surface area contributed by atoms with Crippen molar-refractivity contribution in [3.8, 4) is 5.75 Å². The van der Waals surface area contributed by atoms with Crippen molar-refractivity contribution in [2.75, 3.05) is 13.7 Å². The summed E-state index contributed by atoms with van der Waals surface area (Å²) in [6.45, 7) is 4.03. The van der Waals surface area contributed by atoms with Gasteiger partial charge in [0.05, 0.1) is 19.3 Å². The molecule has 0 amide bonds. The molecule has 1 aliphatic rings. The van der Waals surface area contributed by atoms with Crippen LogP contribution in [0.1, 0.15) is 37.8 Å². The maximum absolute atomic E-state index is 9.72. The van der Waals surface area contributed by atoms with E-state index < -0.39 is 11.7 Å². The van der Waals surface area contributed by atoms with Crippen molar-refractivity contribution >= 4 is 0 Å². The summed E-state index contributed by atoms with van der Waals surface area (Å²) >= 11 is 0. The highest BCUT2D eigenvalue weighted by Gasteiger charge is 2.38. The van der Waals surface area contributed by atoms with Gasteiger partial charge in [0.1, 0.15) is 11.4 Å². The van der Waals surface area contributed by atoms with Crippen LogP contribution in [0.2, 0.25) is 0 Å². The van der Waals surface area contributed by atoms with Crippen LogP contribution in [0.4, 0.5) is 0 Å². The second-order valence-corrected chi connectivity index (χ2v) is 5.64. The number of rotatable bonds is 5. The fourth-order valence-corrected chi connectivity index (χ4v) is 2.86. The van der Waals surface area contributed by atoms with E-state index in [4.69, 9.17) is 15.2 Å². The van der Waals surface area contributed by atoms with Crippen LogP contribution in [0, 0.1) is 0 Å². The standard InChI is InChI=1S/C16H25NO3/c1-11(18)12(2)20-16(10-17)8-4-5-13-6-7-14(19-3)9-15(13)16/h6-7,9,11-12,18H,4-5,8,10,17H2,1-3H3. The molecule has 0 fully saturated rings.